The molecule has 0 radical (unpaired) electrons. The summed E-state index contributed by atoms with van der Waals surface area (Å²) in [5.41, 5.74) is 3.72. The quantitative estimate of drug-likeness (QED) is 0.437. The van der Waals surface area contributed by atoms with Gasteiger partial charge in [0.15, 0.2) is 0 Å². The van der Waals surface area contributed by atoms with E-state index in [1.807, 2.05) is 91.9 Å². The van der Waals surface area contributed by atoms with Crippen molar-refractivity contribution in [1.82, 2.24) is 20.9 Å². The Bertz CT molecular complexity index is 1380. The molecule has 0 saturated carbocycles. The van der Waals surface area contributed by atoms with Crippen LogP contribution in [0, 0.1) is 6.92 Å². The molecular formula is C33H36N4O4. The maximum absolute atomic E-state index is 13.9. The SMILES string of the molecule is Cc1ccc(C[C@H]2NC(=O)[C@H](Cc3ccccc3)NC(=O)[C@H]3CCCN3C(=O)[C@H](Cc3ccccc3)NC2=O)cc1. The minimum Gasteiger partial charge on any atom is -0.342 e. The Morgan fingerprint density at radius 2 is 1.07 bits per heavy atom. The zero-order chi connectivity index (χ0) is 28.8. The van der Waals surface area contributed by atoms with Crippen molar-refractivity contribution in [2.24, 2.45) is 0 Å². The van der Waals surface area contributed by atoms with Crippen molar-refractivity contribution < 1.29 is 19.2 Å². The van der Waals surface area contributed by atoms with Crippen LogP contribution in [0.5, 0.6) is 0 Å². The molecule has 41 heavy (non-hydrogen) atoms. The zero-order valence-electron chi connectivity index (χ0n) is 23.2. The van der Waals surface area contributed by atoms with Crippen molar-refractivity contribution in [2.75, 3.05) is 6.54 Å². The predicted octanol–water partition coefficient (Wildman–Crippen LogP) is 2.48. The first-order chi connectivity index (χ1) is 19.9. The molecule has 2 fully saturated rings. The highest BCUT2D eigenvalue weighted by atomic mass is 16.2. The summed E-state index contributed by atoms with van der Waals surface area (Å²) in [5.74, 6) is -1.52. The summed E-state index contributed by atoms with van der Waals surface area (Å²) in [4.78, 5) is 56.6. The van der Waals surface area contributed by atoms with E-state index in [0.29, 0.717) is 19.4 Å². The molecule has 0 unspecified atom stereocenters. The molecule has 0 aliphatic carbocycles. The average molecular weight is 553 g/mol. The Labute approximate surface area is 240 Å². The van der Waals surface area contributed by atoms with Gasteiger partial charge >= 0.3 is 0 Å². The molecule has 2 aliphatic rings. The number of carbonyl (C=O) groups excluding carboxylic acids is 4. The number of amides is 4. The van der Waals surface area contributed by atoms with E-state index in [-0.39, 0.29) is 31.1 Å². The van der Waals surface area contributed by atoms with E-state index in [2.05, 4.69) is 16.0 Å². The van der Waals surface area contributed by atoms with Gasteiger partial charge in [-0.2, -0.15) is 0 Å². The van der Waals surface area contributed by atoms with E-state index >= 15 is 0 Å². The zero-order valence-corrected chi connectivity index (χ0v) is 23.2. The van der Waals surface area contributed by atoms with Gasteiger partial charge in [-0.3, -0.25) is 19.2 Å². The van der Waals surface area contributed by atoms with E-state index in [4.69, 9.17) is 0 Å². The van der Waals surface area contributed by atoms with Crippen LogP contribution in [-0.4, -0.2) is 59.2 Å². The molecule has 3 N–H and O–H groups in total. The van der Waals surface area contributed by atoms with Crippen LogP contribution < -0.4 is 16.0 Å². The van der Waals surface area contributed by atoms with E-state index < -0.39 is 36.0 Å². The second-order valence-electron chi connectivity index (χ2n) is 10.9. The molecule has 3 aromatic rings. The molecule has 8 nitrogen and oxygen atoms in total. The first kappa shape index (κ1) is 28.1. The second kappa shape index (κ2) is 12.8. The Balaban J connectivity index is 1.49. The molecule has 8 heteroatoms. The van der Waals surface area contributed by atoms with Crippen molar-refractivity contribution in [3.8, 4) is 0 Å². The Morgan fingerprint density at radius 1 is 0.610 bits per heavy atom. The van der Waals surface area contributed by atoms with Crippen molar-refractivity contribution in [2.45, 2.75) is 63.2 Å². The van der Waals surface area contributed by atoms with Gasteiger partial charge in [0, 0.05) is 25.8 Å². The fourth-order valence-corrected chi connectivity index (χ4v) is 5.59. The molecular weight excluding hydrogens is 516 g/mol. The van der Waals surface area contributed by atoms with Gasteiger partial charge in [-0.05, 0) is 36.5 Å². The highest BCUT2D eigenvalue weighted by Gasteiger charge is 2.40. The maximum atomic E-state index is 13.9. The largest absolute Gasteiger partial charge is 0.342 e. The minimum atomic E-state index is -0.944. The summed E-state index contributed by atoms with van der Waals surface area (Å²) in [7, 11) is 0. The van der Waals surface area contributed by atoms with Crippen molar-refractivity contribution in [3.05, 3.63) is 107 Å². The first-order valence-electron chi connectivity index (χ1n) is 14.2. The summed E-state index contributed by atoms with van der Waals surface area (Å²) in [6.45, 7) is 2.40. The molecule has 0 bridgehead atoms. The number of nitrogens with one attached hydrogen (secondary N) is 3. The fourth-order valence-electron chi connectivity index (χ4n) is 5.59. The molecule has 4 amide bonds. The number of carbonyl (C=O) groups is 4. The standard InChI is InChI=1S/C33H36N4O4/c1-22-14-16-25(17-15-22)20-26-31(39)36-28(21-24-11-6-3-7-12-24)33(41)37-18-8-13-29(37)32(40)35-27(30(38)34-26)19-23-9-4-2-5-10-23/h2-7,9-12,14-17,26-29H,8,13,18-21H2,1H3,(H,34,38)(H,35,40)(H,36,39)/t26-,27+,28+,29-/m1/s1. The predicted molar refractivity (Wildman–Crippen MR) is 156 cm³/mol. The lowest BCUT2D eigenvalue weighted by Crippen LogP contribution is -2.62. The van der Waals surface area contributed by atoms with E-state index in [9.17, 15) is 19.2 Å². The van der Waals surface area contributed by atoms with Crippen molar-refractivity contribution in [1.29, 1.82) is 0 Å². The number of hydrogen-bond donors (Lipinski definition) is 3. The Morgan fingerprint density at radius 3 is 1.63 bits per heavy atom. The van der Waals surface area contributed by atoms with Crippen LogP contribution in [0.3, 0.4) is 0 Å². The Kier molecular flexibility index (Phi) is 8.77. The number of hydrogen-bond acceptors (Lipinski definition) is 4. The second-order valence-corrected chi connectivity index (χ2v) is 10.9. The smallest absolute Gasteiger partial charge is 0.246 e. The van der Waals surface area contributed by atoms with Crippen LogP contribution in [0.15, 0.2) is 84.9 Å². The van der Waals surface area contributed by atoms with Crippen molar-refractivity contribution in [3.63, 3.8) is 0 Å². The third-order valence-electron chi connectivity index (χ3n) is 7.84. The molecule has 3 aromatic carbocycles. The highest BCUT2D eigenvalue weighted by molar-refractivity contribution is 5.98. The molecule has 0 aromatic heterocycles. The monoisotopic (exact) mass is 552 g/mol. The lowest BCUT2D eigenvalue weighted by molar-refractivity contribution is -0.143. The molecule has 2 heterocycles. The number of fused-ring (bicyclic) bond motifs is 1. The number of aryl methyl sites for hydroxylation is 1. The lowest BCUT2D eigenvalue weighted by atomic mass is 9.99. The molecule has 4 atom stereocenters. The summed E-state index contributed by atoms with van der Waals surface area (Å²) in [5, 5.41) is 8.78. The van der Waals surface area contributed by atoms with Crippen LogP contribution in [-0.2, 0) is 38.4 Å². The van der Waals surface area contributed by atoms with Gasteiger partial charge in [0.1, 0.15) is 24.2 Å². The number of rotatable bonds is 6. The maximum Gasteiger partial charge on any atom is 0.246 e. The van der Waals surface area contributed by atoms with E-state index in [0.717, 1.165) is 22.3 Å². The van der Waals surface area contributed by atoms with Gasteiger partial charge < -0.3 is 20.9 Å². The molecule has 5 rings (SSSR count). The van der Waals surface area contributed by atoms with Gasteiger partial charge in [0.2, 0.25) is 23.6 Å². The van der Waals surface area contributed by atoms with Gasteiger partial charge in [-0.1, -0.05) is 90.5 Å². The van der Waals surface area contributed by atoms with E-state index in [1.54, 1.807) is 4.90 Å². The summed E-state index contributed by atoms with van der Waals surface area (Å²) in [6, 6.07) is 23.2. The number of benzene rings is 3. The molecule has 0 spiro atoms. The number of nitrogens with zero attached hydrogens (tertiary/aromatic N) is 1. The van der Waals surface area contributed by atoms with Gasteiger partial charge in [0.25, 0.3) is 0 Å². The Hall–Kier alpha value is -4.46. The normalized spacial score (nSPS) is 23.5. The summed E-state index contributed by atoms with van der Waals surface area (Å²) in [6.07, 6.45) is 1.94. The summed E-state index contributed by atoms with van der Waals surface area (Å²) < 4.78 is 0. The van der Waals surface area contributed by atoms with Gasteiger partial charge in [-0.25, -0.2) is 0 Å². The first-order valence-corrected chi connectivity index (χ1v) is 14.2. The highest BCUT2D eigenvalue weighted by Crippen LogP contribution is 2.21. The fraction of sp³-hybridized carbons (Fsp3) is 0.333. The van der Waals surface area contributed by atoms with Crippen LogP contribution in [0.25, 0.3) is 0 Å². The van der Waals surface area contributed by atoms with Crippen LogP contribution in [0.1, 0.15) is 35.1 Å². The van der Waals surface area contributed by atoms with Crippen LogP contribution in [0.4, 0.5) is 0 Å². The minimum absolute atomic E-state index is 0.239. The van der Waals surface area contributed by atoms with Crippen molar-refractivity contribution >= 4 is 23.6 Å². The van der Waals surface area contributed by atoms with Crippen LogP contribution in [0.2, 0.25) is 0 Å². The summed E-state index contributed by atoms with van der Waals surface area (Å²) >= 11 is 0. The van der Waals surface area contributed by atoms with Gasteiger partial charge in [0.05, 0.1) is 0 Å². The average Bonchev–Trinajstić information content (AvgIpc) is 3.48. The molecule has 2 saturated heterocycles. The van der Waals surface area contributed by atoms with Gasteiger partial charge in [-0.15, -0.1) is 0 Å². The molecule has 2 aliphatic heterocycles. The molecule has 212 valence electrons. The third-order valence-corrected chi connectivity index (χ3v) is 7.84. The third kappa shape index (κ3) is 7.01. The van der Waals surface area contributed by atoms with E-state index in [1.165, 1.54) is 0 Å². The lowest BCUT2D eigenvalue weighted by Gasteiger charge is -2.32. The van der Waals surface area contributed by atoms with Crippen LogP contribution >= 0.6 is 0 Å². The topological polar surface area (TPSA) is 108 Å².